The number of rotatable bonds is 6. The van der Waals surface area contributed by atoms with Gasteiger partial charge in [-0.05, 0) is 34.5 Å². The van der Waals surface area contributed by atoms with Gasteiger partial charge in [0.25, 0.3) is 0 Å². The zero-order valence-corrected chi connectivity index (χ0v) is 11.6. The maximum absolute atomic E-state index is 11.4. The normalized spacial score (nSPS) is 9.82. The summed E-state index contributed by atoms with van der Waals surface area (Å²) in [4.78, 5) is 11.4. The zero-order chi connectivity index (χ0) is 12.7. The van der Waals surface area contributed by atoms with Gasteiger partial charge in [-0.1, -0.05) is 6.92 Å². The van der Waals surface area contributed by atoms with Crippen LogP contribution in [-0.2, 0) is 4.79 Å². The van der Waals surface area contributed by atoms with Crippen LogP contribution in [0.25, 0.3) is 0 Å². The van der Waals surface area contributed by atoms with Gasteiger partial charge in [-0.15, -0.1) is 0 Å². The second-order valence-electron chi connectivity index (χ2n) is 3.55. The lowest BCUT2D eigenvalue weighted by Crippen LogP contribution is -2.30. The first-order valence-corrected chi connectivity index (χ1v) is 6.30. The summed E-state index contributed by atoms with van der Waals surface area (Å²) >= 11 is 3.41. The molecule has 0 heterocycles. The maximum Gasteiger partial charge on any atom is 0.239 e. The fraction of sp³-hybridized carbons (Fsp3) is 0.417. The van der Waals surface area contributed by atoms with Crippen molar-refractivity contribution < 1.29 is 9.53 Å². The van der Waals surface area contributed by atoms with Gasteiger partial charge in [-0.3, -0.25) is 4.79 Å². The number of amides is 1. The standard InChI is InChI=1S/C12H17BrN2O2/c1-3-6-14-12(16)8-15-11-7-9(17-2)4-5-10(11)13/h4-5,7,15H,3,6,8H2,1-2H3,(H,14,16). The highest BCUT2D eigenvalue weighted by atomic mass is 79.9. The monoisotopic (exact) mass is 300 g/mol. The zero-order valence-electron chi connectivity index (χ0n) is 10.0. The van der Waals surface area contributed by atoms with Crippen molar-refractivity contribution in [1.29, 1.82) is 0 Å². The Labute approximate surface area is 110 Å². The second kappa shape index (κ2) is 7.17. The largest absolute Gasteiger partial charge is 0.497 e. The van der Waals surface area contributed by atoms with Crippen LogP contribution in [0, 0.1) is 0 Å². The summed E-state index contributed by atoms with van der Waals surface area (Å²) in [6, 6.07) is 5.58. The number of halogens is 1. The van der Waals surface area contributed by atoms with Gasteiger partial charge >= 0.3 is 0 Å². The van der Waals surface area contributed by atoms with Crippen LogP contribution in [0.5, 0.6) is 5.75 Å². The van der Waals surface area contributed by atoms with Gasteiger partial charge < -0.3 is 15.4 Å². The van der Waals surface area contributed by atoms with Crippen molar-refractivity contribution in [3.63, 3.8) is 0 Å². The van der Waals surface area contributed by atoms with E-state index in [2.05, 4.69) is 26.6 Å². The van der Waals surface area contributed by atoms with Crippen LogP contribution < -0.4 is 15.4 Å². The number of ether oxygens (including phenoxy) is 1. The van der Waals surface area contributed by atoms with E-state index in [1.54, 1.807) is 7.11 Å². The highest BCUT2D eigenvalue weighted by Gasteiger charge is 2.04. The number of anilines is 1. The molecule has 1 aromatic carbocycles. The maximum atomic E-state index is 11.4. The van der Waals surface area contributed by atoms with Gasteiger partial charge in [-0.2, -0.15) is 0 Å². The Morgan fingerprint density at radius 3 is 2.88 bits per heavy atom. The Hall–Kier alpha value is -1.23. The smallest absolute Gasteiger partial charge is 0.239 e. The topological polar surface area (TPSA) is 50.4 Å². The average molecular weight is 301 g/mol. The highest BCUT2D eigenvalue weighted by molar-refractivity contribution is 9.10. The van der Waals surface area contributed by atoms with Crippen molar-refractivity contribution >= 4 is 27.5 Å². The van der Waals surface area contributed by atoms with Crippen LogP contribution in [-0.4, -0.2) is 26.1 Å². The minimum absolute atomic E-state index is 0.0124. The molecule has 0 saturated heterocycles. The van der Waals surface area contributed by atoms with Crippen LogP contribution in [0.1, 0.15) is 13.3 Å². The fourth-order valence-corrected chi connectivity index (χ4v) is 1.66. The molecule has 0 aliphatic carbocycles. The summed E-state index contributed by atoms with van der Waals surface area (Å²) in [6.45, 7) is 2.98. The first kappa shape index (κ1) is 13.8. The fourth-order valence-electron chi connectivity index (χ4n) is 1.27. The lowest BCUT2D eigenvalue weighted by atomic mass is 10.3. The lowest BCUT2D eigenvalue weighted by Gasteiger charge is -2.10. The van der Waals surface area contributed by atoms with Gasteiger partial charge in [-0.25, -0.2) is 0 Å². The average Bonchev–Trinajstić information content (AvgIpc) is 2.35. The van der Waals surface area contributed by atoms with Gasteiger partial charge in [0.1, 0.15) is 5.75 Å². The summed E-state index contributed by atoms with van der Waals surface area (Å²) < 4.78 is 6.02. The molecule has 4 nitrogen and oxygen atoms in total. The molecule has 0 fully saturated rings. The molecule has 0 spiro atoms. The van der Waals surface area contributed by atoms with E-state index in [0.717, 1.165) is 22.3 Å². The van der Waals surface area contributed by atoms with E-state index >= 15 is 0 Å². The molecule has 0 aromatic heterocycles. The van der Waals surface area contributed by atoms with E-state index in [0.29, 0.717) is 6.54 Å². The van der Waals surface area contributed by atoms with Crippen molar-refractivity contribution in [2.75, 3.05) is 25.5 Å². The molecule has 0 unspecified atom stereocenters. The molecule has 5 heteroatoms. The molecular formula is C12H17BrN2O2. The second-order valence-corrected chi connectivity index (χ2v) is 4.40. The molecule has 0 bridgehead atoms. The number of hydrogen-bond acceptors (Lipinski definition) is 3. The van der Waals surface area contributed by atoms with E-state index in [4.69, 9.17) is 4.74 Å². The summed E-state index contributed by atoms with van der Waals surface area (Å²) in [6.07, 6.45) is 0.939. The van der Waals surface area contributed by atoms with Crippen LogP contribution in [0.15, 0.2) is 22.7 Å². The quantitative estimate of drug-likeness (QED) is 0.848. The third-order valence-corrected chi connectivity index (χ3v) is 2.88. The van der Waals surface area contributed by atoms with E-state index in [-0.39, 0.29) is 12.5 Å². The molecule has 94 valence electrons. The van der Waals surface area contributed by atoms with Gasteiger partial charge in [0.15, 0.2) is 0 Å². The van der Waals surface area contributed by atoms with Crippen LogP contribution in [0.2, 0.25) is 0 Å². The van der Waals surface area contributed by atoms with Crippen molar-refractivity contribution in [3.05, 3.63) is 22.7 Å². The van der Waals surface area contributed by atoms with Crippen molar-refractivity contribution in [1.82, 2.24) is 5.32 Å². The minimum atomic E-state index is -0.0124. The Bertz CT molecular complexity index is 383. The molecule has 0 aliphatic rings. The van der Waals surface area contributed by atoms with Crippen molar-refractivity contribution in [3.8, 4) is 5.75 Å². The first-order valence-electron chi connectivity index (χ1n) is 5.51. The molecule has 1 rings (SSSR count). The highest BCUT2D eigenvalue weighted by Crippen LogP contribution is 2.26. The van der Waals surface area contributed by atoms with Gasteiger partial charge in [0, 0.05) is 17.1 Å². The lowest BCUT2D eigenvalue weighted by molar-refractivity contribution is -0.119. The predicted octanol–water partition coefficient (Wildman–Crippen LogP) is 2.40. The van der Waals surface area contributed by atoms with Crippen molar-refractivity contribution in [2.45, 2.75) is 13.3 Å². The van der Waals surface area contributed by atoms with Gasteiger partial charge in [0.05, 0.1) is 19.3 Å². The Morgan fingerprint density at radius 2 is 2.24 bits per heavy atom. The Kier molecular flexibility index (Phi) is 5.83. The predicted molar refractivity (Wildman–Crippen MR) is 72.5 cm³/mol. The van der Waals surface area contributed by atoms with Crippen LogP contribution in [0.3, 0.4) is 0 Å². The SMILES string of the molecule is CCCNC(=O)CNc1cc(OC)ccc1Br. The molecule has 17 heavy (non-hydrogen) atoms. The number of benzene rings is 1. The number of carbonyl (C=O) groups excluding carboxylic acids is 1. The summed E-state index contributed by atoms with van der Waals surface area (Å²) in [7, 11) is 1.61. The van der Waals surface area contributed by atoms with Gasteiger partial charge in [0.2, 0.25) is 5.91 Å². The molecule has 0 saturated carbocycles. The van der Waals surface area contributed by atoms with Crippen molar-refractivity contribution in [2.24, 2.45) is 0 Å². The summed E-state index contributed by atoms with van der Waals surface area (Å²) in [5.41, 5.74) is 0.844. The van der Waals surface area contributed by atoms with E-state index < -0.39 is 0 Å². The number of carbonyl (C=O) groups is 1. The Morgan fingerprint density at radius 1 is 1.47 bits per heavy atom. The summed E-state index contributed by atoms with van der Waals surface area (Å²) in [5, 5.41) is 5.86. The molecule has 1 aromatic rings. The van der Waals surface area contributed by atoms with Crippen LogP contribution >= 0.6 is 15.9 Å². The number of methoxy groups -OCH3 is 1. The third-order valence-electron chi connectivity index (χ3n) is 2.19. The molecule has 0 atom stereocenters. The number of hydrogen-bond donors (Lipinski definition) is 2. The Balaban J connectivity index is 2.53. The first-order chi connectivity index (χ1) is 8.17. The minimum Gasteiger partial charge on any atom is -0.497 e. The van der Waals surface area contributed by atoms with Crippen LogP contribution in [0.4, 0.5) is 5.69 Å². The molecule has 0 radical (unpaired) electrons. The molecule has 1 amide bonds. The molecule has 2 N–H and O–H groups in total. The number of nitrogens with one attached hydrogen (secondary N) is 2. The van der Waals surface area contributed by atoms with E-state index in [1.165, 1.54) is 0 Å². The van der Waals surface area contributed by atoms with E-state index in [9.17, 15) is 4.79 Å². The summed E-state index contributed by atoms with van der Waals surface area (Å²) in [5.74, 6) is 0.742. The van der Waals surface area contributed by atoms with E-state index in [1.807, 2.05) is 25.1 Å². The molecular weight excluding hydrogens is 284 g/mol. The molecule has 0 aliphatic heterocycles. The third kappa shape index (κ3) is 4.65.